The fraction of sp³-hybridized carbons (Fsp3) is 0.591. The molecular formula is C22H31N3O2. The molecule has 1 aromatic carbocycles. The highest BCUT2D eigenvalue weighted by Gasteiger charge is 2.24. The van der Waals surface area contributed by atoms with Gasteiger partial charge in [-0.05, 0) is 56.7 Å². The lowest BCUT2D eigenvalue weighted by molar-refractivity contribution is 0.229. The van der Waals surface area contributed by atoms with Gasteiger partial charge in [0.15, 0.2) is 11.5 Å². The zero-order chi connectivity index (χ0) is 18.8. The minimum absolute atomic E-state index is 0.525. The highest BCUT2D eigenvalue weighted by molar-refractivity contribution is 5.96. The quantitative estimate of drug-likeness (QED) is 0.862. The smallest absolute Gasteiger partial charge is 0.162 e. The molecule has 5 heteroatoms. The fourth-order valence-corrected chi connectivity index (χ4v) is 4.51. The maximum absolute atomic E-state index is 5.57. The molecule has 5 nitrogen and oxygen atoms in total. The maximum Gasteiger partial charge on any atom is 0.162 e. The van der Waals surface area contributed by atoms with Crippen molar-refractivity contribution in [3.8, 4) is 11.5 Å². The van der Waals surface area contributed by atoms with Gasteiger partial charge < -0.3 is 19.7 Å². The van der Waals surface area contributed by atoms with E-state index < -0.39 is 0 Å². The molecule has 1 fully saturated rings. The number of anilines is 1. The predicted molar refractivity (Wildman–Crippen MR) is 110 cm³/mol. The van der Waals surface area contributed by atoms with Crippen LogP contribution in [0.1, 0.15) is 43.9 Å². The number of aryl methyl sites for hydroxylation is 1. The minimum Gasteiger partial charge on any atom is -0.493 e. The Kier molecular flexibility index (Phi) is 5.39. The number of piperidine rings is 1. The van der Waals surface area contributed by atoms with Crippen molar-refractivity contribution in [3.05, 3.63) is 23.4 Å². The molecule has 146 valence electrons. The third-order valence-corrected chi connectivity index (χ3v) is 6.15. The van der Waals surface area contributed by atoms with Crippen LogP contribution in [-0.4, -0.2) is 49.8 Å². The molecule has 27 heavy (non-hydrogen) atoms. The molecule has 0 radical (unpaired) electrons. The summed E-state index contributed by atoms with van der Waals surface area (Å²) in [4.78, 5) is 7.53. The Morgan fingerprint density at radius 1 is 1.07 bits per heavy atom. The van der Waals surface area contributed by atoms with E-state index in [-0.39, 0.29) is 0 Å². The molecule has 2 heterocycles. The monoisotopic (exact) mass is 369 g/mol. The number of nitrogens with zero attached hydrogens (tertiary/aromatic N) is 2. The molecule has 0 saturated carbocycles. The number of ether oxygens (including phenoxy) is 2. The van der Waals surface area contributed by atoms with E-state index in [4.69, 9.17) is 14.5 Å². The zero-order valence-electron chi connectivity index (χ0n) is 16.8. The van der Waals surface area contributed by atoms with Gasteiger partial charge in [-0.15, -0.1) is 0 Å². The van der Waals surface area contributed by atoms with Crippen molar-refractivity contribution in [2.24, 2.45) is 0 Å². The summed E-state index contributed by atoms with van der Waals surface area (Å²) < 4.78 is 11.1. The van der Waals surface area contributed by atoms with Gasteiger partial charge in [0.25, 0.3) is 0 Å². The standard InChI is InChI=1S/C22H31N3O2/c1-4-25-11-9-15(10-12-25)23-22-16-7-5-6-8-18(16)24-19-14-21(27-3)20(26-2)13-17(19)22/h13-15H,4-12H2,1-3H3,(H,23,24). The fourth-order valence-electron chi connectivity index (χ4n) is 4.51. The van der Waals surface area contributed by atoms with Crippen LogP contribution in [0.15, 0.2) is 12.1 Å². The van der Waals surface area contributed by atoms with Gasteiger partial charge in [0.2, 0.25) is 0 Å². The van der Waals surface area contributed by atoms with Gasteiger partial charge in [-0.3, -0.25) is 4.98 Å². The summed E-state index contributed by atoms with van der Waals surface area (Å²) in [6.45, 7) is 5.75. The van der Waals surface area contributed by atoms with Gasteiger partial charge in [-0.2, -0.15) is 0 Å². The van der Waals surface area contributed by atoms with Crippen LogP contribution in [0.2, 0.25) is 0 Å². The number of pyridine rings is 1. The number of hydrogen-bond donors (Lipinski definition) is 1. The molecular weight excluding hydrogens is 338 g/mol. The second-order valence-corrected chi connectivity index (χ2v) is 7.70. The van der Waals surface area contributed by atoms with E-state index in [9.17, 15) is 0 Å². The molecule has 1 saturated heterocycles. The Labute approximate surface area is 162 Å². The molecule has 4 rings (SSSR count). The number of aromatic nitrogens is 1. The Morgan fingerprint density at radius 3 is 2.48 bits per heavy atom. The topological polar surface area (TPSA) is 46.6 Å². The summed E-state index contributed by atoms with van der Waals surface area (Å²) in [7, 11) is 3.38. The van der Waals surface area contributed by atoms with Crippen molar-refractivity contribution in [1.29, 1.82) is 0 Å². The highest BCUT2D eigenvalue weighted by atomic mass is 16.5. The van der Waals surface area contributed by atoms with E-state index in [2.05, 4.69) is 23.2 Å². The first-order chi connectivity index (χ1) is 13.2. The van der Waals surface area contributed by atoms with Crippen molar-refractivity contribution < 1.29 is 9.47 Å². The second-order valence-electron chi connectivity index (χ2n) is 7.70. The van der Waals surface area contributed by atoms with E-state index in [1.54, 1.807) is 14.2 Å². The third-order valence-electron chi connectivity index (χ3n) is 6.15. The molecule has 0 spiro atoms. The average molecular weight is 370 g/mol. The first-order valence-electron chi connectivity index (χ1n) is 10.3. The Bertz CT molecular complexity index is 808. The summed E-state index contributed by atoms with van der Waals surface area (Å²) in [5.41, 5.74) is 4.96. The van der Waals surface area contributed by atoms with Gasteiger partial charge in [0.05, 0.1) is 19.7 Å². The molecule has 0 atom stereocenters. The first-order valence-corrected chi connectivity index (χ1v) is 10.3. The number of fused-ring (bicyclic) bond motifs is 2. The van der Waals surface area contributed by atoms with Crippen molar-refractivity contribution in [2.75, 3.05) is 39.2 Å². The highest BCUT2D eigenvalue weighted by Crippen LogP contribution is 2.39. The lowest BCUT2D eigenvalue weighted by Crippen LogP contribution is -2.39. The maximum atomic E-state index is 5.57. The van der Waals surface area contributed by atoms with Crippen molar-refractivity contribution in [2.45, 2.75) is 51.5 Å². The molecule has 2 aliphatic rings. The minimum atomic E-state index is 0.525. The number of benzene rings is 1. The van der Waals surface area contributed by atoms with E-state index in [0.717, 1.165) is 41.8 Å². The van der Waals surface area contributed by atoms with E-state index in [0.29, 0.717) is 6.04 Å². The summed E-state index contributed by atoms with van der Waals surface area (Å²) in [6.07, 6.45) is 7.05. The Hall–Kier alpha value is -2.01. The van der Waals surface area contributed by atoms with Crippen LogP contribution in [0, 0.1) is 0 Å². The summed E-state index contributed by atoms with van der Waals surface area (Å²) in [5, 5.41) is 5.08. The van der Waals surface area contributed by atoms with Crippen molar-refractivity contribution in [3.63, 3.8) is 0 Å². The number of hydrogen-bond acceptors (Lipinski definition) is 5. The van der Waals surface area contributed by atoms with Crippen LogP contribution in [0.25, 0.3) is 10.9 Å². The summed E-state index contributed by atoms with van der Waals surface area (Å²) in [5.74, 6) is 1.52. The average Bonchev–Trinajstić information content (AvgIpc) is 2.73. The number of likely N-dealkylation sites (tertiary alicyclic amines) is 1. The van der Waals surface area contributed by atoms with Crippen LogP contribution >= 0.6 is 0 Å². The van der Waals surface area contributed by atoms with Crippen LogP contribution in [0.3, 0.4) is 0 Å². The second kappa shape index (κ2) is 7.93. The number of rotatable bonds is 5. The normalized spacial score (nSPS) is 18.3. The van der Waals surface area contributed by atoms with E-state index in [1.807, 2.05) is 6.07 Å². The molecule has 1 aromatic heterocycles. The molecule has 0 bridgehead atoms. The Balaban J connectivity index is 1.76. The van der Waals surface area contributed by atoms with Gasteiger partial charge in [-0.25, -0.2) is 0 Å². The van der Waals surface area contributed by atoms with Crippen LogP contribution < -0.4 is 14.8 Å². The number of methoxy groups -OCH3 is 2. The molecule has 0 amide bonds. The molecule has 2 aromatic rings. The van der Waals surface area contributed by atoms with Gasteiger partial charge >= 0.3 is 0 Å². The molecule has 1 aliphatic heterocycles. The number of nitrogens with one attached hydrogen (secondary N) is 1. The lowest BCUT2D eigenvalue weighted by atomic mass is 9.91. The van der Waals surface area contributed by atoms with Crippen LogP contribution in [-0.2, 0) is 12.8 Å². The first kappa shape index (κ1) is 18.4. The van der Waals surface area contributed by atoms with Gasteiger partial charge in [0, 0.05) is 42.0 Å². The van der Waals surface area contributed by atoms with Crippen molar-refractivity contribution >= 4 is 16.6 Å². The Morgan fingerprint density at radius 2 is 1.78 bits per heavy atom. The zero-order valence-corrected chi connectivity index (χ0v) is 16.8. The summed E-state index contributed by atoms with van der Waals surface area (Å²) >= 11 is 0. The molecule has 1 aliphatic carbocycles. The van der Waals surface area contributed by atoms with E-state index in [1.165, 1.54) is 55.7 Å². The van der Waals surface area contributed by atoms with Crippen LogP contribution in [0.4, 0.5) is 5.69 Å². The van der Waals surface area contributed by atoms with Gasteiger partial charge in [0.1, 0.15) is 0 Å². The molecule has 0 unspecified atom stereocenters. The van der Waals surface area contributed by atoms with Crippen molar-refractivity contribution in [1.82, 2.24) is 9.88 Å². The molecule has 1 N–H and O–H groups in total. The third kappa shape index (κ3) is 3.57. The SMILES string of the molecule is CCN1CCC(Nc2c3c(nc4cc(OC)c(OC)cc24)CCCC3)CC1. The predicted octanol–water partition coefficient (Wildman–Crippen LogP) is 4.03. The van der Waals surface area contributed by atoms with Gasteiger partial charge in [-0.1, -0.05) is 6.92 Å². The van der Waals surface area contributed by atoms with E-state index >= 15 is 0 Å². The lowest BCUT2D eigenvalue weighted by Gasteiger charge is -2.33. The van der Waals surface area contributed by atoms with Crippen LogP contribution in [0.5, 0.6) is 11.5 Å². The largest absolute Gasteiger partial charge is 0.493 e. The summed E-state index contributed by atoms with van der Waals surface area (Å²) in [6, 6.07) is 4.64.